The van der Waals surface area contributed by atoms with Crippen LogP contribution in [-0.4, -0.2) is 44.4 Å². The van der Waals surface area contributed by atoms with Gasteiger partial charge in [0.2, 0.25) is 20.8 Å². The Kier molecular flexibility index (Phi) is 2.91. The zero-order valence-corrected chi connectivity index (χ0v) is 10.1. The zero-order chi connectivity index (χ0) is 13.3. The number of amides is 3. The summed E-state index contributed by atoms with van der Waals surface area (Å²) in [7, 11) is -3.41. The van der Waals surface area contributed by atoms with Crippen molar-refractivity contribution < 1.29 is 22.4 Å². The first-order chi connectivity index (χ1) is 8.36. The number of nitrogens with one attached hydrogen (secondary N) is 1. The van der Waals surface area contributed by atoms with Crippen LogP contribution < -0.4 is 5.32 Å². The molecule has 0 saturated carbocycles. The van der Waals surface area contributed by atoms with Crippen molar-refractivity contribution in [1.29, 1.82) is 0 Å². The van der Waals surface area contributed by atoms with Gasteiger partial charge in [-0.05, 0) is 12.1 Å². The first-order valence-corrected chi connectivity index (χ1v) is 6.70. The predicted molar refractivity (Wildman–Crippen MR) is 59.7 cm³/mol. The molecule has 0 unspecified atom stereocenters. The number of nitrogens with zero attached hydrogens (tertiary/aromatic N) is 2. The van der Waals surface area contributed by atoms with E-state index in [0.717, 1.165) is 17.5 Å². The van der Waals surface area contributed by atoms with Gasteiger partial charge in [-0.15, -0.1) is 0 Å². The molecular formula is C9H9N3O5S. The summed E-state index contributed by atoms with van der Waals surface area (Å²) in [5.41, 5.74) is 0. The van der Waals surface area contributed by atoms with Crippen LogP contribution in [0.4, 0.5) is 4.79 Å². The van der Waals surface area contributed by atoms with Crippen molar-refractivity contribution >= 4 is 28.0 Å². The second-order valence-corrected chi connectivity index (χ2v) is 5.53. The Morgan fingerprint density at radius 1 is 1.44 bits per heavy atom. The summed E-state index contributed by atoms with van der Waals surface area (Å²) in [6, 6.07) is 2.05. The van der Waals surface area contributed by atoms with Crippen LogP contribution in [0, 0.1) is 0 Å². The van der Waals surface area contributed by atoms with E-state index < -0.39 is 21.8 Å². The number of hydrogen-bond donors (Lipinski definition) is 1. The summed E-state index contributed by atoms with van der Waals surface area (Å²) in [6.45, 7) is -0.172. The topological polar surface area (TPSA) is 109 Å². The lowest BCUT2D eigenvalue weighted by Gasteiger charge is -2.02. The van der Waals surface area contributed by atoms with Crippen molar-refractivity contribution in [2.75, 3.05) is 12.8 Å². The summed E-state index contributed by atoms with van der Waals surface area (Å²) in [5, 5.41) is 6.47. The fourth-order valence-corrected chi connectivity index (χ4v) is 1.82. The molecule has 1 fully saturated rings. The molecule has 9 heteroatoms. The van der Waals surface area contributed by atoms with Crippen molar-refractivity contribution in [2.45, 2.75) is 5.09 Å². The largest absolute Gasteiger partial charge is 0.444 e. The van der Waals surface area contributed by atoms with E-state index in [2.05, 4.69) is 5.10 Å². The Morgan fingerprint density at radius 3 is 2.67 bits per heavy atom. The van der Waals surface area contributed by atoms with Crippen LogP contribution in [-0.2, 0) is 14.6 Å². The van der Waals surface area contributed by atoms with E-state index in [0.29, 0.717) is 0 Å². The Balaban J connectivity index is 2.13. The molecular weight excluding hydrogens is 262 g/mol. The highest BCUT2D eigenvalue weighted by Crippen LogP contribution is 2.12. The van der Waals surface area contributed by atoms with Crippen LogP contribution in [0.2, 0.25) is 0 Å². The maximum atomic E-state index is 11.1. The van der Waals surface area contributed by atoms with Gasteiger partial charge < -0.3 is 4.42 Å². The molecule has 18 heavy (non-hydrogen) atoms. The Hall–Kier alpha value is -2.16. The Bertz CT molecular complexity index is 630. The van der Waals surface area contributed by atoms with Gasteiger partial charge in [0.25, 0.3) is 0 Å². The van der Waals surface area contributed by atoms with E-state index in [1.54, 1.807) is 0 Å². The number of carbonyl (C=O) groups excluding carboxylic acids is 2. The second-order valence-electron chi connectivity index (χ2n) is 3.58. The molecule has 96 valence electrons. The molecule has 1 saturated heterocycles. The van der Waals surface area contributed by atoms with Crippen molar-refractivity contribution in [3.63, 3.8) is 0 Å². The third kappa shape index (κ3) is 2.56. The minimum absolute atomic E-state index is 0.169. The minimum atomic E-state index is -3.41. The molecule has 3 amide bonds. The minimum Gasteiger partial charge on any atom is -0.444 e. The highest BCUT2D eigenvalue weighted by molar-refractivity contribution is 7.90. The quantitative estimate of drug-likeness (QED) is 0.592. The van der Waals surface area contributed by atoms with E-state index in [-0.39, 0.29) is 17.4 Å². The second kappa shape index (κ2) is 4.26. The van der Waals surface area contributed by atoms with Crippen LogP contribution in [0.1, 0.15) is 5.76 Å². The molecule has 1 aromatic heterocycles. The lowest BCUT2D eigenvalue weighted by molar-refractivity contribution is -0.118. The molecule has 2 rings (SSSR count). The van der Waals surface area contributed by atoms with Gasteiger partial charge >= 0.3 is 6.03 Å². The number of imide groups is 1. The van der Waals surface area contributed by atoms with Gasteiger partial charge in [-0.3, -0.25) is 10.1 Å². The first kappa shape index (κ1) is 12.3. The molecule has 1 aliphatic heterocycles. The number of hydrazone groups is 1. The van der Waals surface area contributed by atoms with Crippen LogP contribution in [0.15, 0.2) is 26.7 Å². The van der Waals surface area contributed by atoms with Crippen LogP contribution in [0.3, 0.4) is 0 Å². The molecule has 0 bridgehead atoms. The summed E-state index contributed by atoms with van der Waals surface area (Å²) in [5.74, 6) is -0.281. The van der Waals surface area contributed by atoms with Gasteiger partial charge in [-0.1, -0.05) is 0 Å². The summed E-state index contributed by atoms with van der Waals surface area (Å²) in [4.78, 5) is 22.0. The highest BCUT2D eigenvalue weighted by atomic mass is 32.2. The van der Waals surface area contributed by atoms with Gasteiger partial charge in [-0.25, -0.2) is 18.2 Å². The van der Waals surface area contributed by atoms with Gasteiger partial charge in [0.15, 0.2) is 0 Å². The molecule has 0 radical (unpaired) electrons. The van der Waals surface area contributed by atoms with Gasteiger partial charge in [0.05, 0.1) is 6.21 Å². The third-order valence-electron chi connectivity index (χ3n) is 2.07. The van der Waals surface area contributed by atoms with Gasteiger partial charge in [-0.2, -0.15) is 5.10 Å². The average molecular weight is 271 g/mol. The van der Waals surface area contributed by atoms with Crippen molar-refractivity contribution in [1.82, 2.24) is 10.3 Å². The lowest BCUT2D eigenvalue weighted by Crippen LogP contribution is -2.24. The number of urea groups is 1. The van der Waals surface area contributed by atoms with Crippen LogP contribution in [0.25, 0.3) is 0 Å². The number of hydrogen-bond acceptors (Lipinski definition) is 6. The summed E-state index contributed by atoms with van der Waals surface area (Å²) in [6.07, 6.45) is 2.17. The number of rotatable bonds is 3. The molecule has 0 spiro atoms. The Labute approximate surface area is 102 Å². The monoisotopic (exact) mass is 271 g/mol. The summed E-state index contributed by atoms with van der Waals surface area (Å²) >= 11 is 0. The number of carbonyl (C=O) groups is 2. The Morgan fingerprint density at radius 2 is 2.17 bits per heavy atom. The first-order valence-electron chi connectivity index (χ1n) is 4.81. The molecule has 0 aromatic carbocycles. The maximum absolute atomic E-state index is 11.1. The van der Waals surface area contributed by atoms with E-state index in [1.807, 2.05) is 5.32 Å². The number of sulfone groups is 1. The predicted octanol–water partition coefficient (Wildman–Crippen LogP) is -0.431. The van der Waals surface area contributed by atoms with Crippen LogP contribution in [0.5, 0.6) is 0 Å². The van der Waals surface area contributed by atoms with E-state index in [4.69, 9.17) is 4.42 Å². The maximum Gasteiger partial charge on any atom is 0.344 e. The van der Waals surface area contributed by atoms with E-state index in [1.165, 1.54) is 12.1 Å². The van der Waals surface area contributed by atoms with Crippen LogP contribution >= 0.6 is 0 Å². The molecule has 8 nitrogen and oxygen atoms in total. The fraction of sp³-hybridized carbons (Fsp3) is 0.222. The summed E-state index contributed by atoms with van der Waals surface area (Å²) < 4.78 is 27.3. The molecule has 2 heterocycles. The van der Waals surface area contributed by atoms with E-state index >= 15 is 0 Å². The molecule has 0 atom stereocenters. The third-order valence-corrected chi connectivity index (χ3v) is 3.02. The SMILES string of the molecule is CS(=O)(=O)c1ccc(/C=N/N2CC(=O)NC2=O)o1. The molecule has 0 aliphatic carbocycles. The number of furan rings is 1. The lowest BCUT2D eigenvalue weighted by atomic mass is 10.5. The standard InChI is InChI=1S/C9H9N3O5S/c1-18(15,16)8-3-2-6(17-8)4-10-12-5-7(13)11-9(12)14/h2-4H,5H2,1H3,(H,11,13,14)/b10-4+. The molecule has 1 aromatic rings. The van der Waals surface area contributed by atoms with Crippen molar-refractivity contribution in [3.8, 4) is 0 Å². The zero-order valence-electron chi connectivity index (χ0n) is 9.28. The average Bonchev–Trinajstić information content (AvgIpc) is 2.81. The highest BCUT2D eigenvalue weighted by Gasteiger charge is 2.26. The van der Waals surface area contributed by atoms with Crippen molar-refractivity contribution in [2.24, 2.45) is 5.10 Å². The van der Waals surface area contributed by atoms with Crippen molar-refractivity contribution in [3.05, 3.63) is 17.9 Å². The fourth-order valence-electron chi connectivity index (χ4n) is 1.25. The molecule has 1 N–H and O–H groups in total. The van der Waals surface area contributed by atoms with E-state index in [9.17, 15) is 18.0 Å². The van der Waals surface area contributed by atoms with Gasteiger partial charge in [0.1, 0.15) is 12.3 Å². The van der Waals surface area contributed by atoms with Gasteiger partial charge in [0, 0.05) is 6.26 Å². The smallest absolute Gasteiger partial charge is 0.344 e. The normalized spacial score (nSPS) is 16.6. The molecule has 1 aliphatic rings.